The molecule has 2 aromatic rings. The second-order valence-corrected chi connectivity index (χ2v) is 5.40. The Kier molecular flexibility index (Phi) is 5.51. The van der Waals surface area contributed by atoms with E-state index in [1.54, 1.807) is 6.07 Å². The Morgan fingerprint density at radius 3 is 2.81 bits per heavy atom. The summed E-state index contributed by atoms with van der Waals surface area (Å²) in [6, 6.07) is 5.19. The van der Waals surface area contributed by atoms with E-state index >= 15 is 0 Å². The molecule has 0 bridgehead atoms. The van der Waals surface area contributed by atoms with E-state index < -0.39 is 0 Å². The summed E-state index contributed by atoms with van der Waals surface area (Å²) in [5.74, 6) is -0.209. The van der Waals surface area contributed by atoms with Crippen LogP contribution in [0.25, 0.3) is 11.1 Å². The lowest BCUT2D eigenvalue weighted by Gasteiger charge is -2.17. The first-order chi connectivity index (χ1) is 10.2. The van der Waals surface area contributed by atoms with Crippen LogP contribution < -0.4 is 5.32 Å². The van der Waals surface area contributed by atoms with Gasteiger partial charge in [0.2, 0.25) is 0 Å². The highest BCUT2D eigenvalue weighted by molar-refractivity contribution is 5.66. The first kappa shape index (κ1) is 15.7. The molecule has 1 atom stereocenters. The van der Waals surface area contributed by atoms with Crippen LogP contribution in [-0.2, 0) is 6.54 Å². The molecule has 0 aliphatic heterocycles. The molecule has 1 aromatic carbocycles. The molecule has 0 spiro atoms. The molecule has 1 unspecified atom stereocenters. The fourth-order valence-electron chi connectivity index (χ4n) is 2.48. The summed E-state index contributed by atoms with van der Waals surface area (Å²) in [6.07, 6.45) is 5.93. The van der Waals surface area contributed by atoms with Crippen LogP contribution in [0.5, 0.6) is 0 Å². The van der Waals surface area contributed by atoms with Gasteiger partial charge in [0, 0.05) is 24.3 Å². The molecular weight excluding hydrogens is 265 g/mol. The molecule has 1 heterocycles. The minimum Gasteiger partial charge on any atom is -0.310 e. The molecular formula is C17H24FN3. The lowest BCUT2D eigenvalue weighted by atomic mass is 9.97. The van der Waals surface area contributed by atoms with E-state index in [-0.39, 0.29) is 11.9 Å². The fourth-order valence-corrected chi connectivity index (χ4v) is 2.48. The summed E-state index contributed by atoms with van der Waals surface area (Å²) in [7, 11) is 0. The SMILES string of the molecule is CCCNC(C)c1ccc(F)cc1-c1cnn(CCC)c1. The van der Waals surface area contributed by atoms with E-state index in [0.717, 1.165) is 42.6 Å². The molecule has 114 valence electrons. The molecule has 0 aliphatic rings. The third kappa shape index (κ3) is 3.91. The zero-order valence-electron chi connectivity index (χ0n) is 13.1. The van der Waals surface area contributed by atoms with Gasteiger partial charge in [-0.3, -0.25) is 4.68 Å². The number of nitrogens with one attached hydrogen (secondary N) is 1. The second kappa shape index (κ2) is 7.36. The number of benzene rings is 1. The van der Waals surface area contributed by atoms with E-state index in [1.807, 2.05) is 23.1 Å². The van der Waals surface area contributed by atoms with Crippen molar-refractivity contribution in [2.75, 3.05) is 6.54 Å². The van der Waals surface area contributed by atoms with E-state index in [9.17, 15) is 4.39 Å². The van der Waals surface area contributed by atoms with Gasteiger partial charge in [0.1, 0.15) is 5.82 Å². The Morgan fingerprint density at radius 1 is 1.29 bits per heavy atom. The van der Waals surface area contributed by atoms with Crippen molar-refractivity contribution in [1.29, 1.82) is 0 Å². The summed E-state index contributed by atoms with van der Waals surface area (Å²) in [6.45, 7) is 8.20. The average molecular weight is 289 g/mol. The lowest BCUT2D eigenvalue weighted by molar-refractivity contribution is 0.569. The topological polar surface area (TPSA) is 29.9 Å². The van der Waals surface area contributed by atoms with E-state index in [4.69, 9.17) is 0 Å². The molecule has 1 N–H and O–H groups in total. The molecule has 0 amide bonds. The summed E-state index contributed by atoms with van der Waals surface area (Å²) < 4.78 is 15.6. The quantitative estimate of drug-likeness (QED) is 0.829. The van der Waals surface area contributed by atoms with Crippen molar-refractivity contribution >= 4 is 0 Å². The minimum absolute atomic E-state index is 0.190. The van der Waals surface area contributed by atoms with Crippen LogP contribution in [0.3, 0.4) is 0 Å². The first-order valence-electron chi connectivity index (χ1n) is 7.71. The van der Waals surface area contributed by atoms with Crippen molar-refractivity contribution in [3.63, 3.8) is 0 Å². The van der Waals surface area contributed by atoms with E-state index in [0.29, 0.717) is 0 Å². The maximum Gasteiger partial charge on any atom is 0.123 e. The van der Waals surface area contributed by atoms with Gasteiger partial charge in [0.15, 0.2) is 0 Å². The van der Waals surface area contributed by atoms with Crippen molar-refractivity contribution in [1.82, 2.24) is 15.1 Å². The van der Waals surface area contributed by atoms with Crippen molar-refractivity contribution < 1.29 is 4.39 Å². The van der Waals surface area contributed by atoms with Crippen LogP contribution in [0.2, 0.25) is 0 Å². The molecule has 0 fully saturated rings. The highest BCUT2D eigenvalue weighted by Gasteiger charge is 2.14. The maximum atomic E-state index is 13.7. The summed E-state index contributed by atoms with van der Waals surface area (Å²) in [5.41, 5.74) is 3.01. The van der Waals surface area contributed by atoms with Gasteiger partial charge in [-0.25, -0.2) is 4.39 Å². The van der Waals surface area contributed by atoms with Crippen LogP contribution in [0, 0.1) is 5.82 Å². The van der Waals surface area contributed by atoms with Gasteiger partial charge < -0.3 is 5.32 Å². The van der Waals surface area contributed by atoms with Crippen LogP contribution in [0.4, 0.5) is 4.39 Å². The molecule has 3 nitrogen and oxygen atoms in total. The van der Waals surface area contributed by atoms with Gasteiger partial charge in [-0.15, -0.1) is 0 Å². The summed E-state index contributed by atoms with van der Waals surface area (Å²) >= 11 is 0. The molecule has 0 aliphatic carbocycles. The first-order valence-corrected chi connectivity index (χ1v) is 7.71. The van der Waals surface area contributed by atoms with E-state index in [2.05, 4.69) is 31.2 Å². The Morgan fingerprint density at radius 2 is 2.10 bits per heavy atom. The van der Waals surface area contributed by atoms with Crippen molar-refractivity contribution in [3.05, 3.63) is 42.0 Å². The van der Waals surface area contributed by atoms with Gasteiger partial charge in [-0.05, 0) is 49.6 Å². The highest BCUT2D eigenvalue weighted by atomic mass is 19.1. The van der Waals surface area contributed by atoms with Gasteiger partial charge in [-0.1, -0.05) is 19.9 Å². The Labute approximate surface area is 126 Å². The van der Waals surface area contributed by atoms with Crippen LogP contribution in [0.1, 0.15) is 45.2 Å². The number of aryl methyl sites for hydroxylation is 1. The van der Waals surface area contributed by atoms with Crippen molar-refractivity contribution in [3.8, 4) is 11.1 Å². The van der Waals surface area contributed by atoms with Crippen molar-refractivity contribution in [2.45, 2.75) is 46.2 Å². The highest BCUT2D eigenvalue weighted by Crippen LogP contribution is 2.29. The number of nitrogens with zero attached hydrogens (tertiary/aromatic N) is 2. The molecule has 0 radical (unpaired) electrons. The molecule has 4 heteroatoms. The normalized spacial score (nSPS) is 12.6. The Bertz CT molecular complexity index is 577. The minimum atomic E-state index is -0.209. The maximum absolute atomic E-state index is 13.7. The predicted molar refractivity (Wildman–Crippen MR) is 84.6 cm³/mol. The van der Waals surface area contributed by atoms with Gasteiger partial charge >= 0.3 is 0 Å². The number of rotatable bonds is 7. The van der Waals surface area contributed by atoms with Gasteiger partial charge in [-0.2, -0.15) is 5.10 Å². The number of hydrogen-bond acceptors (Lipinski definition) is 2. The zero-order valence-corrected chi connectivity index (χ0v) is 13.1. The molecule has 2 rings (SSSR count). The number of hydrogen-bond donors (Lipinski definition) is 1. The molecule has 0 saturated carbocycles. The van der Waals surface area contributed by atoms with Gasteiger partial charge in [0.05, 0.1) is 6.20 Å². The predicted octanol–water partition coefficient (Wildman–Crippen LogP) is 4.16. The molecule has 1 aromatic heterocycles. The van der Waals surface area contributed by atoms with E-state index in [1.165, 1.54) is 6.07 Å². The third-order valence-corrected chi connectivity index (χ3v) is 3.58. The van der Waals surface area contributed by atoms with Crippen LogP contribution >= 0.6 is 0 Å². The second-order valence-electron chi connectivity index (χ2n) is 5.40. The largest absolute Gasteiger partial charge is 0.310 e. The standard InChI is InChI=1S/C17H24FN3/c1-4-8-19-13(3)16-7-6-15(18)10-17(16)14-11-20-21(12-14)9-5-2/h6-7,10-13,19H,4-5,8-9H2,1-3H3. The fraction of sp³-hybridized carbons (Fsp3) is 0.471. The van der Waals surface area contributed by atoms with Gasteiger partial charge in [0.25, 0.3) is 0 Å². The number of halogens is 1. The molecule has 0 saturated heterocycles. The third-order valence-electron chi connectivity index (χ3n) is 3.58. The average Bonchev–Trinajstić information content (AvgIpc) is 2.93. The Balaban J connectivity index is 2.33. The summed E-state index contributed by atoms with van der Waals surface area (Å²) in [4.78, 5) is 0. The smallest absolute Gasteiger partial charge is 0.123 e. The monoisotopic (exact) mass is 289 g/mol. The Hall–Kier alpha value is -1.68. The number of aromatic nitrogens is 2. The van der Waals surface area contributed by atoms with Crippen molar-refractivity contribution in [2.24, 2.45) is 0 Å². The summed E-state index contributed by atoms with van der Waals surface area (Å²) in [5, 5.41) is 7.81. The molecule has 21 heavy (non-hydrogen) atoms. The lowest BCUT2D eigenvalue weighted by Crippen LogP contribution is -2.19. The van der Waals surface area contributed by atoms with Crippen LogP contribution in [0.15, 0.2) is 30.6 Å². The zero-order chi connectivity index (χ0) is 15.2. The van der Waals surface area contributed by atoms with Crippen LogP contribution in [-0.4, -0.2) is 16.3 Å².